The van der Waals surface area contributed by atoms with Crippen LogP contribution in [-0.4, -0.2) is 36.1 Å². The zero-order valence-corrected chi connectivity index (χ0v) is 12.1. The second kappa shape index (κ2) is 9.48. The van der Waals surface area contributed by atoms with Gasteiger partial charge in [-0.2, -0.15) is 0 Å². The lowest BCUT2D eigenvalue weighted by atomic mass is 10.3. The van der Waals surface area contributed by atoms with Crippen LogP contribution in [0.25, 0.3) is 0 Å². The number of aromatic nitrogens is 1. The summed E-state index contributed by atoms with van der Waals surface area (Å²) in [5, 5.41) is 10.3. The van der Waals surface area contributed by atoms with Crippen molar-refractivity contribution in [3.05, 3.63) is 27.4 Å². The van der Waals surface area contributed by atoms with E-state index in [4.69, 9.17) is 17.3 Å². The fraction of sp³-hybridized carbons (Fsp3) is 0.364. The molecule has 0 radical (unpaired) electrons. The highest BCUT2D eigenvalue weighted by atomic mass is 35.5. The van der Waals surface area contributed by atoms with Crippen LogP contribution in [0.5, 0.6) is 0 Å². The van der Waals surface area contributed by atoms with E-state index in [0.717, 1.165) is 0 Å². The molecule has 0 saturated carbocycles. The Balaban J connectivity index is 0.000000384. The molecular weight excluding hydrogens is 306 g/mol. The molecular formula is C11H14ClN3O6. The van der Waals surface area contributed by atoms with Crippen LogP contribution in [0, 0.1) is 10.1 Å². The Labute approximate surface area is 125 Å². The Hall–Kier alpha value is -2.42. The molecule has 1 heterocycles. The normalized spacial score (nSPS) is 9.10. The van der Waals surface area contributed by atoms with Gasteiger partial charge in [0, 0.05) is 6.07 Å². The number of carbonyl (C=O) groups excluding carboxylic acids is 2. The van der Waals surface area contributed by atoms with E-state index >= 15 is 0 Å². The molecule has 0 fully saturated rings. The first-order valence-corrected chi connectivity index (χ1v) is 5.89. The van der Waals surface area contributed by atoms with Crippen LogP contribution in [0.2, 0.25) is 5.15 Å². The molecule has 21 heavy (non-hydrogen) atoms. The molecule has 0 aliphatic carbocycles. The fourth-order valence-corrected chi connectivity index (χ4v) is 1.16. The predicted molar refractivity (Wildman–Crippen MR) is 73.6 cm³/mol. The van der Waals surface area contributed by atoms with E-state index in [-0.39, 0.29) is 29.5 Å². The lowest BCUT2D eigenvalue weighted by Crippen LogP contribution is -2.06. The molecule has 0 saturated heterocycles. The zero-order chi connectivity index (χ0) is 16.4. The van der Waals surface area contributed by atoms with Gasteiger partial charge in [0.2, 0.25) is 5.82 Å². The number of pyridine rings is 1. The van der Waals surface area contributed by atoms with Crippen LogP contribution in [0.4, 0.5) is 11.5 Å². The summed E-state index contributed by atoms with van der Waals surface area (Å²) < 4.78 is 8.60. The highest BCUT2D eigenvalue weighted by Crippen LogP contribution is 2.20. The molecule has 0 aliphatic rings. The van der Waals surface area contributed by atoms with Crippen LogP contribution in [0.15, 0.2) is 12.1 Å². The lowest BCUT2D eigenvalue weighted by molar-refractivity contribution is -0.384. The Bertz CT molecular complexity index is 507. The first-order valence-electron chi connectivity index (χ1n) is 5.51. The number of carbonyl (C=O) groups is 2. The molecule has 0 spiro atoms. The van der Waals surface area contributed by atoms with Crippen molar-refractivity contribution in [2.45, 2.75) is 12.8 Å². The number of ether oxygens (including phenoxy) is 2. The van der Waals surface area contributed by atoms with E-state index in [1.807, 2.05) is 0 Å². The van der Waals surface area contributed by atoms with Crippen molar-refractivity contribution >= 4 is 35.0 Å². The number of methoxy groups -OCH3 is 2. The van der Waals surface area contributed by atoms with Gasteiger partial charge in [-0.1, -0.05) is 11.6 Å². The number of esters is 2. The molecule has 1 aromatic heterocycles. The van der Waals surface area contributed by atoms with Crippen molar-refractivity contribution in [1.29, 1.82) is 0 Å². The maximum atomic E-state index is 10.4. The van der Waals surface area contributed by atoms with Crippen LogP contribution in [-0.2, 0) is 19.1 Å². The topological polar surface area (TPSA) is 135 Å². The first kappa shape index (κ1) is 18.6. The molecule has 0 bridgehead atoms. The molecule has 10 heteroatoms. The Morgan fingerprint density at radius 3 is 2.10 bits per heavy atom. The summed E-state index contributed by atoms with van der Waals surface area (Å²) >= 11 is 5.41. The summed E-state index contributed by atoms with van der Waals surface area (Å²) in [5.74, 6) is -0.960. The highest BCUT2D eigenvalue weighted by Gasteiger charge is 2.11. The third-order valence-electron chi connectivity index (χ3n) is 2.05. The average Bonchev–Trinajstić information content (AvgIpc) is 2.44. The van der Waals surface area contributed by atoms with Crippen molar-refractivity contribution in [3.63, 3.8) is 0 Å². The average molecular weight is 320 g/mol. The van der Waals surface area contributed by atoms with Gasteiger partial charge in [-0.3, -0.25) is 19.7 Å². The third kappa shape index (κ3) is 7.67. The maximum Gasteiger partial charge on any atom is 0.311 e. The number of nitro groups is 1. The van der Waals surface area contributed by atoms with E-state index in [1.54, 1.807) is 0 Å². The summed E-state index contributed by atoms with van der Waals surface area (Å²) in [4.78, 5) is 33.9. The second-order valence-corrected chi connectivity index (χ2v) is 3.83. The minimum atomic E-state index is -0.612. The van der Waals surface area contributed by atoms with E-state index in [9.17, 15) is 19.7 Å². The van der Waals surface area contributed by atoms with Crippen molar-refractivity contribution in [3.8, 4) is 0 Å². The van der Waals surface area contributed by atoms with Gasteiger partial charge in [0.1, 0.15) is 5.15 Å². The van der Waals surface area contributed by atoms with Crippen LogP contribution in [0.3, 0.4) is 0 Å². The number of anilines is 1. The SMILES string of the molecule is COC(=O)CCC(=O)OC.Nc1nc(Cl)ccc1[N+](=O)[O-]. The van der Waals surface area contributed by atoms with E-state index in [0.29, 0.717) is 0 Å². The van der Waals surface area contributed by atoms with E-state index in [1.165, 1.54) is 26.4 Å². The third-order valence-corrected chi connectivity index (χ3v) is 2.26. The van der Waals surface area contributed by atoms with Crippen molar-refractivity contribution < 1.29 is 24.0 Å². The van der Waals surface area contributed by atoms with Crippen molar-refractivity contribution in [2.24, 2.45) is 0 Å². The molecule has 0 aliphatic heterocycles. The second-order valence-electron chi connectivity index (χ2n) is 3.45. The van der Waals surface area contributed by atoms with E-state index in [2.05, 4.69) is 14.5 Å². The molecule has 2 N–H and O–H groups in total. The highest BCUT2D eigenvalue weighted by molar-refractivity contribution is 6.29. The van der Waals surface area contributed by atoms with Crippen LogP contribution >= 0.6 is 11.6 Å². The summed E-state index contributed by atoms with van der Waals surface area (Å²) in [7, 11) is 2.55. The maximum absolute atomic E-state index is 10.4. The molecule has 9 nitrogen and oxygen atoms in total. The smallest absolute Gasteiger partial charge is 0.311 e. The van der Waals surface area contributed by atoms with Gasteiger partial charge in [-0.05, 0) is 6.07 Å². The van der Waals surface area contributed by atoms with Crippen molar-refractivity contribution in [2.75, 3.05) is 20.0 Å². The Morgan fingerprint density at radius 1 is 1.29 bits per heavy atom. The van der Waals surface area contributed by atoms with Crippen molar-refractivity contribution in [1.82, 2.24) is 4.98 Å². The van der Waals surface area contributed by atoms with E-state index < -0.39 is 16.9 Å². The molecule has 0 amide bonds. The largest absolute Gasteiger partial charge is 0.469 e. The minimum Gasteiger partial charge on any atom is -0.469 e. The quantitative estimate of drug-likeness (QED) is 0.380. The number of hydrogen-bond acceptors (Lipinski definition) is 8. The first-order chi connectivity index (χ1) is 9.81. The molecule has 116 valence electrons. The number of nitrogen functional groups attached to an aromatic ring is 1. The molecule has 1 rings (SSSR count). The molecule has 0 unspecified atom stereocenters. The van der Waals surface area contributed by atoms with Gasteiger partial charge < -0.3 is 15.2 Å². The standard InChI is InChI=1S/C6H10O4.C5H4ClN3O2/c1-9-5(7)3-4-6(8)10-2;6-4-2-1-3(9(10)11)5(7)8-4/h3-4H2,1-2H3;1-2H,(H2,7,8). The number of nitrogens with zero attached hydrogens (tertiary/aromatic N) is 2. The van der Waals surface area contributed by atoms with Gasteiger partial charge in [-0.15, -0.1) is 0 Å². The Kier molecular flexibility index (Phi) is 8.39. The summed E-state index contributed by atoms with van der Waals surface area (Å²) in [6, 6.07) is 2.53. The number of hydrogen-bond donors (Lipinski definition) is 1. The number of halogens is 1. The van der Waals surface area contributed by atoms with Gasteiger partial charge in [-0.25, -0.2) is 4.98 Å². The van der Waals surface area contributed by atoms with Gasteiger partial charge in [0.15, 0.2) is 0 Å². The molecule has 0 atom stereocenters. The predicted octanol–water partition coefficient (Wildman–Crippen LogP) is 1.34. The Morgan fingerprint density at radius 2 is 1.76 bits per heavy atom. The fourth-order valence-electron chi connectivity index (χ4n) is 1.01. The molecule has 1 aromatic rings. The summed E-state index contributed by atoms with van der Waals surface area (Å²) in [5.41, 5.74) is 4.96. The zero-order valence-electron chi connectivity index (χ0n) is 11.4. The minimum absolute atomic E-state index is 0.0865. The van der Waals surface area contributed by atoms with Gasteiger partial charge >= 0.3 is 17.6 Å². The van der Waals surface area contributed by atoms with Gasteiger partial charge in [0.05, 0.1) is 32.0 Å². The summed E-state index contributed by atoms with van der Waals surface area (Å²) in [6.45, 7) is 0. The molecule has 0 aromatic carbocycles. The lowest BCUT2D eigenvalue weighted by Gasteiger charge is -1.96. The van der Waals surface area contributed by atoms with Crippen LogP contribution in [0.1, 0.15) is 12.8 Å². The number of nitrogens with two attached hydrogens (primary N) is 1. The number of rotatable bonds is 4. The summed E-state index contributed by atoms with van der Waals surface area (Å²) in [6.07, 6.45) is 0.173. The monoisotopic (exact) mass is 319 g/mol. The van der Waals surface area contributed by atoms with Crippen LogP contribution < -0.4 is 5.73 Å². The van der Waals surface area contributed by atoms with Gasteiger partial charge in [0.25, 0.3) is 0 Å².